The first-order valence-electron chi connectivity index (χ1n) is 12.1. The van der Waals surface area contributed by atoms with Crippen molar-refractivity contribution in [3.05, 3.63) is 120 Å². The van der Waals surface area contributed by atoms with E-state index in [0.717, 1.165) is 16.7 Å². The Kier molecular flexibility index (Phi) is 11.7. The smallest absolute Gasteiger partial charge is 0.115 e. The van der Waals surface area contributed by atoms with Crippen LogP contribution in [0.1, 0.15) is 29.5 Å². The molecule has 0 aliphatic rings. The zero-order valence-corrected chi connectivity index (χ0v) is 20.1. The molecule has 2 N–H and O–H groups in total. The summed E-state index contributed by atoms with van der Waals surface area (Å²) in [6.45, 7) is 4.45. The molecule has 0 aliphatic heterocycles. The lowest BCUT2D eigenvalue weighted by Gasteiger charge is -2.34. The second kappa shape index (κ2) is 15.2. The first-order valence-corrected chi connectivity index (χ1v) is 12.1. The highest BCUT2D eigenvalue weighted by molar-refractivity contribution is 5.15. The van der Waals surface area contributed by atoms with E-state index in [4.69, 9.17) is 14.2 Å². The third kappa shape index (κ3) is 9.06. The van der Waals surface area contributed by atoms with Crippen LogP contribution in [0.25, 0.3) is 0 Å². The lowest BCUT2D eigenvalue weighted by Crippen LogP contribution is -2.49. The Balaban J connectivity index is 1.75. The van der Waals surface area contributed by atoms with Gasteiger partial charge >= 0.3 is 0 Å². The van der Waals surface area contributed by atoms with Crippen molar-refractivity contribution in [2.75, 3.05) is 6.61 Å². The van der Waals surface area contributed by atoms with Gasteiger partial charge in [0.15, 0.2) is 0 Å². The predicted octanol–water partition coefficient (Wildman–Crippen LogP) is 5.06. The standard InChI is InChI=1S/C30H36O5/c1-2-3-19-27(33-21-24-13-7-4-8-14-24)29(32)30(35-23-26-17-11-6-12-18-26)28(20-31)34-22-25-15-9-5-10-16-25/h2,4-18,27-32H,1,3,19-23H2/t27-,28-,29+,30-/m0/s1. The van der Waals surface area contributed by atoms with Gasteiger partial charge in [0.2, 0.25) is 0 Å². The predicted molar refractivity (Wildman–Crippen MR) is 138 cm³/mol. The highest BCUT2D eigenvalue weighted by Crippen LogP contribution is 2.22. The number of allylic oxidation sites excluding steroid dienone is 1. The van der Waals surface area contributed by atoms with Crippen molar-refractivity contribution in [2.45, 2.75) is 57.1 Å². The van der Waals surface area contributed by atoms with Gasteiger partial charge in [0.1, 0.15) is 18.3 Å². The van der Waals surface area contributed by atoms with Crippen molar-refractivity contribution in [1.82, 2.24) is 0 Å². The summed E-state index contributed by atoms with van der Waals surface area (Å²) < 4.78 is 18.4. The average molecular weight is 477 g/mol. The Morgan fingerprint density at radius 2 is 1.09 bits per heavy atom. The van der Waals surface area contributed by atoms with Crippen LogP contribution in [0.4, 0.5) is 0 Å². The number of hydrogen-bond donors (Lipinski definition) is 2. The van der Waals surface area contributed by atoms with E-state index in [0.29, 0.717) is 26.1 Å². The number of aliphatic hydroxyl groups excluding tert-OH is 2. The van der Waals surface area contributed by atoms with Gasteiger partial charge in [-0.2, -0.15) is 0 Å². The van der Waals surface area contributed by atoms with E-state index in [2.05, 4.69) is 6.58 Å². The summed E-state index contributed by atoms with van der Waals surface area (Å²) >= 11 is 0. The van der Waals surface area contributed by atoms with Gasteiger partial charge in [-0.05, 0) is 29.5 Å². The molecule has 0 bridgehead atoms. The molecule has 0 saturated heterocycles. The summed E-state index contributed by atoms with van der Waals surface area (Å²) in [6.07, 6.45) is -0.0228. The highest BCUT2D eigenvalue weighted by atomic mass is 16.6. The van der Waals surface area contributed by atoms with Crippen molar-refractivity contribution < 1.29 is 24.4 Å². The van der Waals surface area contributed by atoms with Gasteiger partial charge in [-0.1, -0.05) is 97.1 Å². The second-order valence-electron chi connectivity index (χ2n) is 8.47. The van der Waals surface area contributed by atoms with Crippen molar-refractivity contribution in [2.24, 2.45) is 0 Å². The summed E-state index contributed by atoms with van der Waals surface area (Å²) in [6, 6.07) is 29.3. The molecule has 0 amide bonds. The molecule has 186 valence electrons. The molecule has 0 aliphatic carbocycles. The zero-order chi connectivity index (χ0) is 24.7. The summed E-state index contributed by atoms with van der Waals surface area (Å²) in [5, 5.41) is 21.7. The maximum atomic E-state index is 11.5. The third-order valence-corrected chi connectivity index (χ3v) is 5.82. The second-order valence-corrected chi connectivity index (χ2v) is 8.47. The lowest BCUT2D eigenvalue weighted by molar-refractivity contribution is -0.177. The minimum absolute atomic E-state index is 0.278. The Morgan fingerprint density at radius 3 is 1.51 bits per heavy atom. The van der Waals surface area contributed by atoms with Crippen LogP contribution >= 0.6 is 0 Å². The zero-order valence-electron chi connectivity index (χ0n) is 20.1. The molecule has 0 unspecified atom stereocenters. The number of aliphatic hydroxyl groups is 2. The van der Waals surface area contributed by atoms with Crippen molar-refractivity contribution >= 4 is 0 Å². The van der Waals surface area contributed by atoms with E-state index in [1.807, 2.05) is 91.0 Å². The van der Waals surface area contributed by atoms with E-state index in [1.165, 1.54) is 0 Å². The Hall–Kier alpha value is -2.80. The number of hydrogen-bond acceptors (Lipinski definition) is 5. The van der Waals surface area contributed by atoms with Crippen LogP contribution in [-0.2, 0) is 34.0 Å². The fraction of sp³-hybridized carbons (Fsp3) is 0.333. The normalized spacial score (nSPS) is 14.7. The molecular weight excluding hydrogens is 440 g/mol. The largest absolute Gasteiger partial charge is 0.394 e. The van der Waals surface area contributed by atoms with E-state index in [-0.39, 0.29) is 13.2 Å². The maximum absolute atomic E-state index is 11.5. The van der Waals surface area contributed by atoms with Crippen LogP contribution in [0.2, 0.25) is 0 Å². The molecule has 0 spiro atoms. The average Bonchev–Trinajstić information content (AvgIpc) is 2.92. The molecule has 0 radical (unpaired) electrons. The molecule has 3 aromatic carbocycles. The molecule has 5 nitrogen and oxygen atoms in total. The van der Waals surface area contributed by atoms with Gasteiger partial charge in [0, 0.05) is 0 Å². The fourth-order valence-electron chi connectivity index (χ4n) is 3.85. The minimum Gasteiger partial charge on any atom is -0.394 e. The molecular formula is C30H36O5. The van der Waals surface area contributed by atoms with Gasteiger partial charge < -0.3 is 24.4 Å². The maximum Gasteiger partial charge on any atom is 0.115 e. The quantitative estimate of drug-likeness (QED) is 0.283. The van der Waals surface area contributed by atoms with E-state index < -0.39 is 24.4 Å². The van der Waals surface area contributed by atoms with Crippen LogP contribution in [0.5, 0.6) is 0 Å². The summed E-state index contributed by atoms with van der Waals surface area (Å²) in [4.78, 5) is 0. The molecule has 0 saturated carbocycles. The Morgan fingerprint density at radius 1 is 0.657 bits per heavy atom. The molecule has 3 aromatic rings. The summed E-state index contributed by atoms with van der Waals surface area (Å²) in [7, 11) is 0. The monoisotopic (exact) mass is 476 g/mol. The minimum atomic E-state index is -1.02. The number of benzene rings is 3. The molecule has 0 fully saturated rings. The van der Waals surface area contributed by atoms with Gasteiger partial charge in [-0.3, -0.25) is 0 Å². The molecule has 5 heteroatoms. The summed E-state index contributed by atoms with van der Waals surface area (Å²) in [5.74, 6) is 0. The first kappa shape index (κ1) is 26.8. The molecule has 0 aromatic heterocycles. The summed E-state index contributed by atoms with van der Waals surface area (Å²) in [5.41, 5.74) is 2.96. The highest BCUT2D eigenvalue weighted by Gasteiger charge is 2.35. The fourth-order valence-corrected chi connectivity index (χ4v) is 3.85. The lowest BCUT2D eigenvalue weighted by atomic mass is 9.99. The topological polar surface area (TPSA) is 68.2 Å². The molecule has 0 heterocycles. The van der Waals surface area contributed by atoms with Crippen LogP contribution < -0.4 is 0 Å². The SMILES string of the molecule is C=CCC[C@H](OCc1ccccc1)[C@@H](O)[C@@H](OCc1ccccc1)[C@H](CO)OCc1ccccc1. The van der Waals surface area contributed by atoms with E-state index in [9.17, 15) is 10.2 Å². The van der Waals surface area contributed by atoms with Crippen molar-refractivity contribution in [3.63, 3.8) is 0 Å². The molecule has 3 rings (SSSR count). The van der Waals surface area contributed by atoms with Crippen molar-refractivity contribution in [3.8, 4) is 0 Å². The molecule has 4 atom stereocenters. The molecule has 35 heavy (non-hydrogen) atoms. The van der Waals surface area contributed by atoms with Gasteiger partial charge in [-0.15, -0.1) is 6.58 Å². The number of ether oxygens (including phenoxy) is 3. The van der Waals surface area contributed by atoms with Crippen LogP contribution in [-0.4, -0.2) is 41.2 Å². The Labute approximate surface area is 208 Å². The van der Waals surface area contributed by atoms with Crippen LogP contribution in [0.3, 0.4) is 0 Å². The van der Waals surface area contributed by atoms with Gasteiger partial charge in [-0.25, -0.2) is 0 Å². The van der Waals surface area contributed by atoms with Crippen LogP contribution in [0, 0.1) is 0 Å². The van der Waals surface area contributed by atoms with E-state index in [1.54, 1.807) is 6.08 Å². The number of rotatable bonds is 16. The van der Waals surface area contributed by atoms with E-state index >= 15 is 0 Å². The van der Waals surface area contributed by atoms with Crippen LogP contribution in [0.15, 0.2) is 104 Å². The Bertz CT molecular complexity index is 948. The van der Waals surface area contributed by atoms with Gasteiger partial charge in [0.05, 0.1) is 32.5 Å². The third-order valence-electron chi connectivity index (χ3n) is 5.82. The van der Waals surface area contributed by atoms with Gasteiger partial charge in [0.25, 0.3) is 0 Å². The van der Waals surface area contributed by atoms with Crippen molar-refractivity contribution in [1.29, 1.82) is 0 Å². The first-order chi connectivity index (χ1) is 17.2.